The second-order valence-corrected chi connectivity index (χ2v) is 5.61. The van der Waals surface area contributed by atoms with E-state index in [2.05, 4.69) is 47.4 Å². The maximum Gasteiger partial charge on any atom is 0.242 e. The molecule has 1 aliphatic rings. The maximum atomic E-state index is 4.86. The van der Waals surface area contributed by atoms with Crippen molar-refractivity contribution in [1.29, 1.82) is 0 Å². The van der Waals surface area contributed by atoms with E-state index in [1.165, 1.54) is 5.56 Å². The SMILES string of the molecule is CC(C)(C)c1ccsc1C1=NC(=S)N=N1. The van der Waals surface area contributed by atoms with Crippen molar-refractivity contribution < 1.29 is 0 Å². The Kier molecular flexibility index (Phi) is 2.52. The number of rotatable bonds is 1. The third kappa shape index (κ3) is 2.03. The lowest BCUT2D eigenvalue weighted by atomic mass is 9.87. The number of nitrogens with zero attached hydrogens (tertiary/aromatic N) is 3. The Hall–Kier alpha value is -0.940. The van der Waals surface area contributed by atoms with Crippen LogP contribution in [0.2, 0.25) is 0 Å². The van der Waals surface area contributed by atoms with E-state index in [9.17, 15) is 0 Å². The zero-order chi connectivity index (χ0) is 11.1. The Bertz CT molecular complexity index is 463. The van der Waals surface area contributed by atoms with Gasteiger partial charge in [-0.1, -0.05) is 20.8 Å². The zero-order valence-corrected chi connectivity index (χ0v) is 10.4. The van der Waals surface area contributed by atoms with Crippen molar-refractivity contribution in [2.45, 2.75) is 26.2 Å². The minimum Gasteiger partial charge on any atom is -0.194 e. The average molecular weight is 237 g/mol. The molecule has 1 aromatic rings. The molecule has 2 heterocycles. The molecule has 3 nitrogen and oxygen atoms in total. The number of aliphatic imine (C=N–C) groups is 1. The number of amidine groups is 1. The molecule has 1 aromatic heterocycles. The number of thiocarbonyl (C=S) groups is 1. The molecule has 0 saturated heterocycles. The van der Waals surface area contributed by atoms with Crippen LogP contribution in [0.1, 0.15) is 31.2 Å². The summed E-state index contributed by atoms with van der Waals surface area (Å²) in [6.45, 7) is 6.51. The van der Waals surface area contributed by atoms with Gasteiger partial charge in [-0.15, -0.1) is 21.6 Å². The molecule has 0 amide bonds. The summed E-state index contributed by atoms with van der Waals surface area (Å²) < 4.78 is 0. The first kappa shape index (κ1) is 10.6. The molecular formula is C10H11N3S2. The minimum atomic E-state index is 0.0948. The standard InChI is InChI=1S/C10H11N3S2/c1-10(2,3)6-4-5-15-7(6)8-11-9(14)13-12-8/h4-5H,1-3H3. The van der Waals surface area contributed by atoms with Gasteiger partial charge in [0.25, 0.3) is 0 Å². The van der Waals surface area contributed by atoms with Crippen molar-refractivity contribution in [1.82, 2.24) is 0 Å². The van der Waals surface area contributed by atoms with Crippen LogP contribution in [0.5, 0.6) is 0 Å². The van der Waals surface area contributed by atoms with Gasteiger partial charge in [0, 0.05) is 0 Å². The zero-order valence-electron chi connectivity index (χ0n) is 8.81. The summed E-state index contributed by atoms with van der Waals surface area (Å²) in [4.78, 5) is 5.21. The maximum absolute atomic E-state index is 4.86. The van der Waals surface area contributed by atoms with Crippen LogP contribution in [0.15, 0.2) is 26.7 Å². The third-order valence-electron chi connectivity index (χ3n) is 2.11. The van der Waals surface area contributed by atoms with E-state index < -0.39 is 0 Å². The van der Waals surface area contributed by atoms with Crippen molar-refractivity contribution in [2.75, 3.05) is 0 Å². The first-order chi connectivity index (χ1) is 6.98. The van der Waals surface area contributed by atoms with Crippen LogP contribution in [-0.4, -0.2) is 10.9 Å². The van der Waals surface area contributed by atoms with E-state index in [-0.39, 0.29) is 5.41 Å². The van der Waals surface area contributed by atoms with Gasteiger partial charge < -0.3 is 0 Å². The van der Waals surface area contributed by atoms with Gasteiger partial charge in [-0.2, -0.15) is 4.99 Å². The molecule has 78 valence electrons. The quantitative estimate of drug-likeness (QED) is 0.688. The fourth-order valence-electron chi connectivity index (χ4n) is 1.39. The van der Waals surface area contributed by atoms with Crippen molar-refractivity contribution in [3.05, 3.63) is 21.9 Å². The molecule has 0 fully saturated rings. The Labute approximate surface area is 98.0 Å². The number of azo groups is 1. The van der Waals surface area contributed by atoms with Gasteiger partial charge in [0.2, 0.25) is 5.11 Å². The molecule has 5 heteroatoms. The lowest BCUT2D eigenvalue weighted by molar-refractivity contribution is 0.592. The lowest BCUT2D eigenvalue weighted by Gasteiger charge is -2.18. The van der Waals surface area contributed by atoms with Crippen LogP contribution in [-0.2, 0) is 5.41 Å². The van der Waals surface area contributed by atoms with Crippen molar-refractivity contribution >= 4 is 34.5 Å². The Balaban J connectivity index is 2.47. The van der Waals surface area contributed by atoms with Gasteiger partial charge in [0.15, 0.2) is 5.84 Å². The molecule has 0 bridgehead atoms. The van der Waals surface area contributed by atoms with Crippen LogP contribution in [0.25, 0.3) is 0 Å². The van der Waals surface area contributed by atoms with Gasteiger partial charge in [0.1, 0.15) is 0 Å². The van der Waals surface area contributed by atoms with Crippen LogP contribution in [0, 0.1) is 0 Å². The predicted molar refractivity (Wildman–Crippen MR) is 67.0 cm³/mol. The van der Waals surface area contributed by atoms with Crippen LogP contribution in [0.4, 0.5) is 0 Å². The predicted octanol–water partition coefficient (Wildman–Crippen LogP) is 3.54. The smallest absolute Gasteiger partial charge is 0.194 e. The van der Waals surface area contributed by atoms with E-state index >= 15 is 0 Å². The molecule has 0 spiro atoms. The summed E-state index contributed by atoms with van der Waals surface area (Å²) in [5, 5.41) is 10.1. The lowest BCUT2D eigenvalue weighted by Crippen LogP contribution is -2.13. The minimum absolute atomic E-state index is 0.0948. The monoisotopic (exact) mass is 237 g/mol. The Morgan fingerprint density at radius 3 is 2.53 bits per heavy atom. The second kappa shape index (κ2) is 3.57. The largest absolute Gasteiger partial charge is 0.242 e. The third-order valence-corrected chi connectivity index (χ3v) is 3.19. The van der Waals surface area contributed by atoms with Gasteiger partial charge in [-0.05, 0) is 34.6 Å². The van der Waals surface area contributed by atoms with Gasteiger partial charge in [-0.25, -0.2) is 0 Å². The fourth-order valence-corrected chi connectivity index (χ4v) is 2.56. The molecule has 0 saturated carbocycles. The topological polar surface area (TPSA) is 37.1 Å². The molecule has 15 heavy (non-hydrogen) atoms. The van der Waals surface area contributed by atoms with Gasteiger partial charge in [-0.3, -0.25) is 0 Å². The molecule has 0 radical (unpaired) electrons. The number of hydrogen-bond acceptors (Lipinski definition) is 3. The summed E-state index contributed by atoms with van der Waals surface area (Å²) in [6.07, 6.45) is 0. The first-order valence-electron chi connectivity index (χ1n) is 4.61. The summed E-state index contributed by atoms with van der Waals surface area (Å²) in [7, 11) is 0. The molecule has 2 rings (SSSR count). The normalized spacial score (nSPS) is 15.9. The average Bonchev–Trinajstić information content (AvgIpc) is 2.68. The van der Waals surface area contributed by atoms with Crippen LogP contribution in [0.3, 0.4) is 0 Å². The van der Waals surface area contributed by atoms with Gasteiger partial charge >= 0.3 is 0 Å². The van der Waals surface area contributed by atoms with E-state index in [0.717, 1.165) is 4.88 Å². The van der Waals surface area contributed by atoms with Crippen molar-refractivity contribution in [2.24, 2.45) is 15.2 Å². The number of hydrogen-bond donors (Lipinski definition) is 0. The summed E-state index contributed by atoms with van der Waals surface area (Å²) in [5.41, 5.74) is 1.34. The highest BCUT2D eigenvalue weighted by atomic mass is 32.1. The molecular weight excluding hydrogens is 226 g/mol. The molecule has 0 aliphatic carbocycles. The number of thiophene rings is 1. The highest BCUT2D eigenvalue weighted by molar-refractivity contribution is 7.80. The highest BCUT2D eigenvalue weighted by Crippen LogP contribution is 2.31. The Morgan fingerprint density at radius 1 is 1.27 bits per heavy atom. The summed E-state index contributed by atoms with van der Waals surface area (Å²) >= 11 is 6.49. The van der Waals surface area contributed by atoms with E-state index in [0.29, 0.717) is 10.9 Å². The summed E-state index contributed by atoms with van der Waals surface area (Å²) in [6, 6.07) is 2.11. The van der Waals surface area contributed by atoms with Crippen LogP contribution < -0.4 is 0 Å². The summed E-state index contributed by atoms with van der Waals surface area (Å²) in [5.74, 6) is 0.653. The van der Waals surface area contributed by atoms with Crippen LogP contribution >= 0.6 is 23.6 Å². The molecule has 0 N–H and O–H groups in total. The van der Waals surface area contributed by atoms with Crippen molar-refractivity contribution in [3.63, 3.8) is 0 Å². The fraction of sp³-hybridized carbons (Fsp3) is 0.400. The molecule has 0 aromatic carbocycles. The van der Waals surface area contributed by atoms with E-state index in [1.807, 2.05) is 0 Å². The van der Waals surface area contributed by atoms with Crippen molar-refractivity contribution in [3.8, 4) is 0 Å². The Morgan fingerprint density at radius 2 is 2.00 bits per heavy atom. The molecule has 0 atom stereocenters. The molecule has 1 aliphatic heterocycles. The highest BCUT2D eigenvalue weighted by Gasteiger charge is 2.23. The van der Waals surface area contributed by atoms with Gasteiger partial charge in [0.05, 0.1) is 4.88 Å². The first-order valence-corrected chi connectivity index (χ1v) is 5.90. The molecule has 0 unspecified atom stereocenters. The second-order valence-electron chi connectivity index (χ2n) is 4.33. The van der Waals surface area contributed by atoms with E-state index in [1.54, 1.807) is 11.3 Å². The van der Waals surface area contributed by atoms with E-state index in [4.69, 9.17) is 12.2 Å².